The van der Waals surface area contributed by atoms with Gasteiger partial charge in [-0.3, -0.25) is 0 Å². The highest BCUT2D eigenvalue weighted by Gasteiger charge is 2.21. The molecule has 3 aromatic rings. The molecule has 0 radical (unpaired) electrons. The van der Waals surface area contributed by atoms with Gasteiger partial charge in [0.25, 0.3) is 0 Å². The summed E-state index contributed by atoms with van der Waals surface area (Å²) >= 11 is 0. The zero-order chi connectivity index (χ0) is 17.2. The molecule has 1 N–H and O–H groups in total. The molecule has 1 aromatic carbocycles. The number of piperidine rings is 1. The molecule has 1 aliphatic heterocycles. The van der Waals surface area contributed by atoms with Gasteiger partial charge in [0.15, 0.2) is 5.82 Å². The largest absolute Gasteiger partial charge is 0.338 e. The fourth-order valence-electron chi connectivity index (χ4n) is 3.33. The van der Waals surface area contributed by atoms with Gasteiger partial charge in [-0.1, -0.05) is 12.1 Å². The molecule has 3 heterocycles. The van der Waals surface area contributed by atoms with Gasteiger partial charge in [0, 0.05) is 18.3 Å². The van der Waals surface area contributed by atoms with E-state index in [-0.39, 0.29) is 0 Å². The summed E-state index contributed by atoms with van der Waals surface area (Å²) in [6, 6.07) is 8.67. The Morgan fingerprint density at radius 2 is 2.08 bits per heavy atom. The van der Waals surface area contributed by atoms with Crippen molar-refractivity contribution in [2.24, 2.45) is 0 Å². The summed E-state index contributed by atoms with van der Waals surface area (Å²) in [7, 11) is 0. The van der Waals surface area contributed by atoms with E-state index in [1.54, 1.807) is 12.5 Å². The standard InChI is InChI=1S/C19H22N6/c1-13-6-5-8-15(10-13)23-18-17-16(21-12-22-18)11-20-19(24-17)25-9-4-3-7-14(25)2/h5-6,8,10-12,14H,3-4,7,9H2,1-2H3,(H,21,22,23). The first-order valence-corrected chi connectivity index (χ1v) is 8.79. The summed E-state index contributed by atoms with van der Waals surface area (Å²) in [5, 5.41) is 3.37. The number of hydrogen-bond acceptors (Lipinski definition) is 6. The Balaban J connectivity index is 1.73. The van der Waals surface area contributed by atoms with E-state index in [0.29, 0.717) is 11.9 Å². The van der Waals surface area contributed by atoms with E-state index < -0.39 is 0 Å². The maximum Gasteiger partial charge on any atom is 0.226 e. The van der Waals surface area contributed by atoms with E-state index in [1.807, 2.05) is 12.1 Å². The van der Waals surface area contributed by atoms with E-state index >= 15 is 0 Å². The van der Waals surface area contributed by atoms with Gasteiger partial charge in [0.2, 0.25) is 5.95 Å². The number of rotatable bonds is 3. The second kappa shape index (κ2) is 6.63. The van der Waals surface area contributed by atoms with E-state index in [9.17, 15) is 0 Å². The van der Waals surface area contributed by atoms with Crippen LogP contribution in [0.15, 0.2) is 36.8 Å². The number of nitrogens with zero attached hydrogens (tertiary/aromatic N) is 5. The highest BCUT2D eigenvalue weighted by Crippen LogP contribution is 2.26. The first-order valence-electron chi connectivity index (χ1n) is 8.79. The SMILES string of the molecule is Cc1cccc(Nc2ncnc3cnc(N4CCCCC4C)nc23)c1. The zero-order valence-electron chi connectivity index (χ0n) is 14.6. The molecule has 0 amide bonds. The second-order valence-corrected chi connectivity index (χ2v) is 6.66. The summed E-state index contributed by atoms with van der Waals surface area (Å²) < 4.78 is 0. The van der Waals surface area contributed by atoms with Gasteiger partial charge < -0.3 is 10.2 Å². The minimum atomic E-state index is 0.462. The minimum Gasteiger partial charge on any atom is -0.338 e. The minimum absolute atomic E-state index is 0.462. The van der Waals surface area contributed by atoms with Gasteiger partial charge >= 0.3 is 0 Å². The van der Waals surface area contributed by atoms with E-state index in [2.05, 4.69) is 51.1 Å². The van der Waals surface area contributed by atoms with Crippen LogP contribution in [-0.2, 0) is 0 Å². The zero-order valence-corrected chi connectivity index (χ0v) is 14.6. The molecule has 0 bridgehead atoms. The number of aromatic nitrogens is 4. The highest BCUT2D eigenvalue weighted by molar-refractivity contribution is 5.87. The van der Waals surface area contributed by atoms with Gasteiger partial charge in [-0.2, -0.15) is 0 Å². The molecule has 6 heteroatoms. The van der Waals surface area contributed by atoms with Gasteiger partial charge in [0.05, 0.1) is 6.20 Å². The second-order valence-electron chi connectivity index (χ2n) is 6.66. The highest BCUT2D eigenvalue weighted by atomic mass is 15.3. The van der Waals surface area contributed by atoms with Crippen LogP contribution in [0.5, 0.6) is 0 Å². The average Bonchev–Trinajstić information content (AvgIpc) is 2.62. The molecule has 1 unspecified atom stereocenters. The van der Waals surface area contributed by atoms with E-state index in [4.69, 9.17) is 4.98 Å². The molecule has 1 fully saturated rings. The molecule has 1 atom stereocenters. The topological polar surface area (TPSA) is 66.8 Å². The molecule has 0 aliphatic carbocycles. The summed E-state index contributed by atoms with van der Waals surface area (Å²) in [6.45, 7) is 5.31. The van der Waals surface area contributed by atoms with Crippen molar-refractivity contribution in [3.8, 4) is 0 Å². The van der Waals surface area contributed by atoms with Crippen LogP contribution in [0.1, 0.15) is 31.7 Å². The molecular formula is C19H22N6. The molecule has 6 nitrogen and oxygen atoms in total. The van der Waals surface area contributed by atoms with Gasteiger partial charge in [-0.25, -0.2) is 19.9 Å². The molecule has 128 valence electrons. The van der Waals surface area contributed by atoms with E-state index in [1.165, 1.54) is 24.8 Å². The average molecular weight is 334 g/mol. The van der Waals surface area contributed by atoms with Crippen molar-refractivity contribution in [1.29, 1.82) is 0 Å². The fraction of sp³-hybridized carbons (Fsp3) is 0.368. The summed E-state index contributed by atoms with van der Waals surface area (Å²) in [5.41, 5.74) is 3.69. The Labute approximate surface area is 147 Å². The summed E-state index contributed by atoms with van der Waals surface area (Å²) in [4.78, 5) is 20.3. The molecule has 25 heavy (non-hydrogen) atoms. The van der Waals surface area contributed by atoms with Gasteiger partial charge in [-0.05, 0) is 50.8 Å². The molecule has 0 saturated carbocycles. The van der Waals surface area contributed by atoms with Crippen molar-refractivity contribution in [3.05, 3.63) is 42.4 Å². The predicted octanol–water partition coefficient (Wildman–Crippen LogP) is 3.85. The smallest absolute Gasteiger partial charge is 0.226 e. The lowest BCUT2D eigenvalue weighted by molar-refractivity contribution is 0.477. The number of nitrogens with one attached hydrogen (secondary N) is 1. The van der Waals surface area contributed by atoms with Crippen molar-refractivity contribution in [2.75, 3.05) is 16.8 Å². The van der Waals surface area contributed by atoms with Crippen LogP contribution >= 0.6 is 0 Å². The third-order valence-corrected chi connectivity index (χ3v) is 4.71. The lowest BCUT2D eigenvalue weighted by atomic mass is 10.0. The van der Waals surface area contributed by atoms with Crippen molar-refractivity contribution in [3.63, 3.8) is 0 Å². The molecule has 4 rings (SSSR count). The van der Waals surface area contributed by atoms with Crippen molar-refractivity contribution >= 4 is 28.5 Å². The lowest BCUT2D eigenvalue weighted by Gasteiger charge is -2.33. The molecule has 1 saturated heterocycles. The lowest BCUT2D eigenvalue weighted by Crippen LogP contribution is -2.38. The Morgan fingerprint density at radius 1 is 1.16 bits per heavy atom. The molecule has 1 aliphatic rings. The Bertz CT molecular complexity index is 894. The van der Waals surface area contributed by atoms with Crippen LogP contribution in [-0.4, -0.2) is 32.5 Å². The maximum atomic E-state index is 4.80. The monoisotopic (exact) mass is 334 g/mol. The number of anilines is 3. The van der Waals surface area contributed by atoms with Crippen molar-refractivity contribution in [1.82, 2.24) is 19.9 Å². The van der Waals surface area contributed by atoms with Gasteiger partial charge in [-0.15, -0.1) is 0 Å². The fourth-order valence-corrected chi connectivity index (χ4v) is 3.33. The number of fused-ring (bicyclic) bond motifs is 1. The number of hydrogen-bond donors (Lipinski definition) is 1. The van der Waals surface area contributed by atoms with Crippen LogP contribution in [0.4, 0.5) is 17.5 Å². The van der Waals surface area contributed by atoms with Crippen molar-refractivity contribution < 1.29 is 0 Å². The van der Waals surface area contributed by atoms with Crippen LogP contribution < -0.4 is 10.2 Å². The normalized spacial score (nSPS) is 17.7. The Morgan fingerprint density at radius 3 is 2.92 bits per heavy atom. The molecule has 0 spiro atoms. The predicted molar refractivity (Wildman–Crippen MR) is 100 cm³/mol. The van der Waals surface area contributed by atoms with Crippen LogP contribution in [0.2, 0.25) is 0 Å². The first-order chi connectivity index (χ1) is 12.2. The Hall–Kier alpha value is -2.76. The van der Waals surface area contributed by atoms with Crippen molar-refractivity contribution in [2.45, 2.75) is 39.2 Å². The quantitative estimate of drug-likeness (QED) is 0.785. The van der Waals surface area contributed by atoms with Crippen LogP contribution in [0, 0.1) is 6.92 Å². The van der Waals surface area contributed by atoms with Crippen LogP contribution in [0.25, 0.3) is 11.0 Å². The number of aryl methyl sites for hydroxylation is 1. The summed E-state index contributed by atoms with van der Waals surface area (Å²) in [5.74, 6) is 1.48. The van der Waals surface area contributed by atoms with Crippen LogP contribution in [0.3, 0.4) is 0 Å². The first kappa shape index (κ1) is 15.7. The Kier molecular flexibility index (Phi) is 4.17. The molecular weight excluding hydrogens is 312 g/mol. The third-order valence-electron chi connectivity index (χ3n) is 4.71. The summed E-state index contributed by atoms with van der Waals surface area (Å²) in [6.07, 6.45) is 6.98. The third kappa shape index (κ3) is 3.24. The number of benzene rings is 1. The van der Waals surface area contributed by atoms with E-state index in [0.717, 1.165) is 29.2 Å². The van der Waals surface area contributed by atoms with Gasteiger partial charge in [0.1, 0.15) is 17.4 Å². The molecule has 2 aromatic heterocycles. The maximum absolute atomic E-state index is 4.80.